The van der Waals surface area contributed by atoms with Crippen LogP contribution in [0.2, 0.25) is 5.02 Å². The topological polar surface area (TPSA) is 90.2 Å². The summed E-state index contributed by atoms with van der Waals surface area (Å²) >= 11 is 5.92. The minimum Gasteiger partial charge on any atom is -0.450 e. The Balaban J connectivity index is 0.000000168. The summed E-state index contributed by atoms with van der Waals surface area (Å²) in [7, 11) is 2.09. The van der Waals surface area contributed by atoms with Gasteiger partial charge in [-0.3, -0.25) is 9.78 Å². The number of aldehydes is 1. The van der Waals surface area contributed by atoms with Crippen LogP contribution in [-0.2, 0) is 16.5 Å². The van der Waals surface area contributed by atoms with Crippen molar-refractivity contribution < 1.29 is 27.5 Å². The number of carbonyl (C=O) groups is 2. The van der Waals surface area contributed by atoms with Crippen molar-refractivity contribution in [2.45, 2.75) is 24.6 Å². The smallest absolute Gasteiger partial charge is 0.433 e. The number of piperidine rings is 1. The number of hydrogen-bond acceptors (Lipinski definition) is 7. The van der Waals surface area contributed by atoms with E-state index in [9.17, 15) is 22.8 Å². The summed E-state index contributed by atoms with van der Waals surface area (Å²) < 4.78 is 44.8. The molecule has 0 atom stereocenters. The van der Waals surface area contributed by atoms with Crippen molar-refractivity contribution in [2.24, 2.45) is 0 Å². The van der Waals surface area contributed by atoms with Crippen LogP contribution < -0.4 is 0 Å². The lowest BCUT2D eigenvalue weighted by Gasteiger charge is -2.36. The normalized spacial score (nSPS) is 16.2. The Labute approximate surface area is 232 Å². The second-order valence-electron chi connectivity index (χ2n) is 9.50. The number of nitrogens with zero attached hydrogens (tertiary/aromatic N) is 5. The van der Waals surface area contributed by atoms with Crippen LogP contribution in [-0.4, -0.2) is 57.0 Å². The first-order chi connectivity index (χ1) is 19.1. The summed E-state index contributed by atoms with van der Waals surface area (Å²) in [5.41, 5.74) is 2.02. The summed E-state index contributed by atoms with van der Waals surface area (Å²) in [5.74, 6) is -0.230. The van der Waals surface area contributed by atoms with Gasteiger partial charge in [-0.05, 0) is 49.5 Å². The van der Waals surface area contributed by atoms with Crippen LogP contribution in [0.4, 0.5) is 13.2 Å². The van der Waals surface area contributed by atoms with Crippen molar-refractivity contribution >= 4 is 23.9 Å². The lowest BCUT2D eigenvalue weighted by atomic mass is 9.84. The highest BCUT2D eigenvalue weighted by atomic mass is 35.5. The molecule has 5 heterocycles. The number of carbonyl (C=O) groups excluding carboxylic acids is 2. The fourth-order valence-corrected chi connectivity index (χ4v) is 4.95. The zero-order chi connectivity index (χ0) is 28.5. The standard InChI is InChI=1S/C15H9F3N4O.C13H14ClNO2/c16-15(17,18)14-2-1-12(8-20-14)22-13(7-11(9-23)21-22)10-3-5-19-6-4-10;1-15-6-4-13(5-7-15)11-3-2-9(14)8-10(11)12(16)17-13/h1-9H;2-3,8H,4-7H2,1H3. The van der Waals surface area contributed by atoms with E-state index in [1.54, 1.807) is 36.7 Å². The summed E-state index contributed by atoms with van der Waals surface area (Å²) in [6, 6.07) is 12.6. The number of likely N-dealkylation sites (tertiary alicyclic amines) is 1. The summed E-state index contributed by atoms with van der Waals surface area (Å²) in [6.07, 6.45) is 1.99. The van der Waals surface area contributed by atoms with Gasteiger partial charge in [-0.15, -0.1) is 0 Å². The Morgan fingerprint density at radius 1 is 1.05 bits per heavy atom. The van der Waals surface area contributed by atoms with Crippen molar-refractivity contribution in [1.29, 1.82) is 0 Å². The number of aromatic nitrogens is 4. The molecule has 4 aromatic rings. The zero-order valence-corrected chi connectivity index (χ0v) is 22.0. The second kappa shape index (κ2) is 10.8. The third-order valence-electron chi connectivity index (χ3n) is 6.88. The van der Waals surface area contributed by atoms with Crippen molar-refractivity contribution in [2.75, 3.05) is 20.1 Å². The minimum atomic E-state index is -4.51. The van der Waals surface area contributed by atoms with E-state index in [2.05, 4.69) is 27.0 Å². The number of hydrogen-bond donors (Lipinski definition) is 0. The molecule has 8 nitrogen and oxygen atoms in total. The molecule has 1 fully saturated rings. The second-order valence-corrected chi connectivity index (χ2v) is 9.93. The zero-order valence-electron chi connectivity index (χ0n) is 21.2. The van der Waals surface area contributed by atoms with Gasteiger partial charge in [0.2, 0.25) is 0 Å². The van der Waals surface area contributed by atoms with Crippen LogP contribution in [0.3, 0.4) is 0 Å². The maximum Gasteiger partial charge on any atom is 0.433 e. The molecule has 2 aliphatic rings. The molecule has 0 aliphatic carbocycles. The van der Waals surface area contributed by atoms with Crippen LogP contribution >= 0.6 is 11.6 Å². The predicted octanol–water partition coefficient (Wildman–Crippen LogP) is 5.59. The van der Waals surface area contributed by atoms with Gasteiger partial charge < -0.3 is 9.64 Å². The molecule has 1 spiro atoms. The molecule has 3 aromatic heterocycles. The van der Waals surface area contributed by atoms with Crippen LogP contribution in [0.15, 0.2) is 67.1 Å². The Hall–Kier alpha value is -4.09. The van der Waals surface area contributed by atoms with E-state index in [1.807, 2.05) is 12.1 Å². The van der Waals surface area contributed by atoms with E-state index in [0.717, 1.165) is 49.3 Å². The Kier molecular flexibility index (Phi) is 7.43. The molecular weight excluding hydrogens is 547 g/mol. The van der Waals surface area contributed by atoms with Crippen molar-refractivity contribution in [3.8, 4) is 16.9 Å². The molecule has 1 saturated heterocycles. The number of rotatable bonds is 3. The Bertz CT molecular complexity index is 1530. The highest BCUT2D eigenvalue weighted by Crippen LogP contribution is 2.44. The van der Waals surface area contributed by atoms with Gasteiger partial charge in [0.15, 0.2) is 6.29 Å². The predicted molar refractivity (Wildman–Crippen MR) is 140 cm³/mol. The first-order valence-electron chi connectivity index (χ1n) is 12.3. The van der Waals surface area contributed by atoms with Gasteiger partial charge in [-0.2, -0.15) is 18.3 Å². The number of ether oxygens (including phenoxy) is 1. The van der Waals surface area contributed by atoms with Gasteiger partial charge in [0, 0.05) is 54.5 Å². The molecule has 1 aromatic carbocycles. The molecule has 0 radical (unpaired) electrons. The van der Waals surface area contributed by atoms with Crippen LogP contribution in [0.1, 0.15) is 44.9 Å². The van der Waals surface area contributed by atoms with E-state index in [4.69, 9.17) is 16.3 Å². The highest BCUT2D eigenvalue weighted by molar-refractivity contribution is 6.31. The fourth-order valence-electron chi connectivity index (χ4n) is 4.78. The first-order valence-corrected chi connectivity index (χ1v) is 12.7. The van der Waals surface area contributed by atoms with E-state index < -0.39 is 17.5 Å². The Morgan fingerprint density at radius 2 is 1.77 bits per heavy atom. The van der Waals surface area contributed by atoms with E-state index >= 15 is 0 Å². The molecule has 0 bridgehead atoms. The van der Waals surface area contributed by atoms with Gasteiger partial charge in [0.05, 0.1) is 23.1 Å². The average Bonchev–Trinajstić information content (AvgIpc) is 3.50. The fraction of sp³-hybridized carbons (Fsp3) is 0.250. The quantitative estimate of drug-likeness (QED) is 0.235. The van der Waals surface area contributed by atoms with Crippen LogP contribution in [0.5, 0.6) is 0 Å². The number of alkyl halides is 3. The molecule has 0 saturated carbocycles. The van der Waals surface area contributed by atoms with Gasteiger partial charge in [-0.1, -0.05) is 17.7 Å². The maximum absolute atomic E-state index is 12.6. The first kappa shape index (κ1) is 27.5. The van der Waals surface area contributed by atoms with E-state index in [0.29, 0.717) is 28.3 Å². The minimum absolute atomic E-state index is 0.164. The Morgan fingerprint density at radius 3 is 2.40 bits per heavy atom. The van der Waals surface area contributed by atoms with E-state index in [-0.39, 0.29) is 11.7 Å². The molecule has 206 valence electrons. The summed E-state index contributed by atoms with van der Waals surface area (Å²) in [5, 5.41) is 4.66. The third-order valence-corrected chi connectivity index (χ3v) is 7.12. The molecule has 6 rings (SSSR count). The molecule has 40 heavy (non-hydrogen) atoms. The molecule has 12 heteroatoms. The SMILES string of the molecule is CN1CCC2(CC1)OC(=O)c1cc(Cl)ccc12.O=Cc1cc(-c2ccncc2)n(-c2ccc(C(F)(F)F)nc2)n1. The van der Waals surface area contributed by atoms with Gasteiger partial charge >= 0.3 is 12.1 Å². The molecule has 0 N–H and O–H groups in total. The average molecular weight is 570 g/mol. The van der Waals surface area contributed by atoms with Crippen molar-refractivity contribution in [3.63, 3.8) is 0 Å². The molecule has 2 aliphatic heterocycles. The van der Waals surface area contributed by atoms with Crippen molar-refractivity contribution in [3.05, 3.63) is 94.7 Å². The lowest BCUT2D eigenvalue weighted by molar-refractivity contribution is -0.141. The molecule has 0 unspecified atom stereocenters. The number of pyridine rings is 2. The summed E-state index contributed by atoms with van der Waals surface area (Å²) in [6.45, 7) is 1.91. The van der Waals surface area contributed by atoms with Crippen molar-refractivity contribution in [1.82, 2.24) is 24.6 Å². The molecule has 0 amide bonds. The number of benzene rings is 1. The number of esters is 1. The number of halogens is 4. The third kappa shape index (κ3) is 5.47. The number of fused-ring (bicyclic) bond motifs is 2. The largest absolute Gasteiger partial charge is 0.450 e. The monoisotopic (exact) mass is 569 g/mol. The summed E-state index contributed by atoms with van der Waals surface area (Å²) in [4.78, 5) is 32.4. The maximum atomic E-state index is 12.6. The van der Waals surface area contributed by atoms with Gasteiger partial charge in [-0.25, -0.2) is 14.5 Å². The van der Waals surface area contributed by atoms with Gasteiger partial charge in [0.25, 0.3) is 0 Å². The van der Waals surface area contributed by atoms with Gasteiger partial charge in [0.1, 0.15) is 17.0 Å². The van der Waals surface area contributed by atoms with Crippen LogP contribution in [0.25, 0.3) is 16.9 Å². The highest BCUT2D eigenvalue weighted by Gasteiger charge is 2.46. The lowest BCUT2D eigenvalue weighted by Crippen LogP contribution is -2.40. The van der Waals surface area contributed by atoms with Crippen LogP contribution in [0, 0.1) is 0 Å². The van der Waals surface area contributed by atoms with E-state index in [1.165, 1.54) is 10.7 Å². The molecular formula is C28H23ClF3N5O3.